The maximum atomic E-state index is 4.64. The summed E-state index contributed by atoms with van der Waals surface area (Å²) < 4.78 is 2.33. The number of nitrogens with zero attached hydrogens (tertiary/aromatic N) is 2. The van der Waals surface area contributed by atoms with E-state index in [4.69, 9.17) is 0 Å². The number of aryl methyl sites for hydroxylation is 1. The summed E-state index contributed by atoms with van der Waals surface area (Å²) in [7, 11) is 0. The standard InChI is InChI=1S/C17H31N3S/c1-3-10-18-16(14-21-15-8-6-5-7-9-15)17-19-11-13-20(17)12-4-2/h11,13,15-16,18H,3-10,12,14H2,1-2H3. The normalized spacial score (nSPS) is 18.0. The molecule has 0 spiro atoms. The largest absolute Gasteiger partial charge is 0.334 e. The Hall–Kier alpha value is -0.480. The van der Waals surface area contributed by atoms with Crippen LogP contribution in [0.4, 0.5) is 0 Å². The van der Waals surface area contributed by atoms with Gasteiger partial charge in [-0.1, -0.05) is 33.1 Å². The van der Waals surface area contributed by atoms with Gasteiger partial charge in [0.15, 0.2) is 0 Å². The Bertz CT molecular complexity index is 385. The lowest BCUT2D eigenvalue weighted by atomic mass is 10.0. The number of rotatable bonds is 9. The summed E-state index contributed by atoms with van der Waals surface area (Å²) in [4.78, 5) is 4.64. The molecule has 1 aliphatic rings. The highest BCUT2D eigenvalue weighted by Gasteiger charge is 2.20. The lowest BCUT2D eigenvalue weighted by Gasteiger charge is -2.25. The molecule has 0 radical (unpaired) electrons. The van der Waals surface area contributed by atoms with Crippen LogP contribution < -0.4 is 5.32 Å². The maximum absolute atomic E-state index is 4.64. The Labute approximate surface area is 134 Å². The van der Waals surface area contributed by atoms with Gasteiger partial charge in [0.2, 0.25) is 0 Å². The van der Waals surface area contributed by atoms with Gasteiger partial charge in [0.05, 0.1) is 6.04 Å². The molecular formula is C17H31N3S. The van der Waals surface area contributed by atoms with Crippen molar-refractivity contribution in [1.82, 2.24) is 14.9 Å². The van der Waals surface area contributed by atoms with E-state index in [1.54, 1.807) is 0 Å². The summed E-state index contributed by atoms with van der Waals surface area (Å²) in [5.74, 6) is 2.39. The average molecular weight is 310 g/mol. The van der Waals surface area contributed by atoms with Crippen molar-refractivity contribution in [3.05, 3.63) is 18.2 Å². The van der Waals surface area contributed by atoms with Gasteiger partial charge in [-0.05, 0) is 32.2 Å². The molecular weight excluding hydrogens is 278 g/mol. The van der Waals surface area contributed by atoms with Crippen LogP contribution in [0.25, 0.3) is 0 Å². The van der Waals surface area contributed by atoms with Crippen molar-refractivity contribution in [1.29, 1.82) is 0 Å². The number of nitrogens with one attached hydrogen (secondary N) is 1. The predicted octanol–water partition coefficient (Wildman–Crippen LogP) is 4.40. The lowest BCUT2D eigenvalue weighted by Crippen LogP contribution is -2.28. The van der Waals surface area contributed by atoms with E-state index < -0.39 is 0 Å². The van der Waals surface area contributed by atoms with Gasteiger partial charge < -0.3 is 9.88 Å². The Kier molecular flexibility index (Phi) is 7.65. The van der Waals surface area contributed by atoms with E-state index in [2.05, 4.69) is 46.7 Å². The molecule has 2 rings (SSSR count). The van der Waals surface area contributed by atoms with E-state index in [9.17, 15) is 0 Å². The van der Waals surface area contributed by atoms with Gasteiger partial charge in [-0.2, -0.15) is 11.8 Å². The molecule has 4 heteroatoms. The zero-order valence-electron chi connectivity index (χ0n) is 13.7. The van der Waals surface area contributed by atoms with E-state index in [-0.39, 0.29) is 0 Å². The van der Waals surface area contributed by atoms with Crippen LogP contribution in [0.15, 0.2) is 12.4 Å². The van der Waals surface area contributed by atoms with Gasteiger partial charge in [0.25, 0.3) is 0 Å². The van der Waals surface area contributed by atoms with Crippen LogP contribution in [0.3, 0.4) is 0 Å². The summed E-state index contributed by atoms with van der Waals surface area (Å²) in [5.41, 5.74) is 0. The summed E-state index contributed by atoms with van der Waals surface area (Å²) in [6.07, 6.45) is 13.5. The zero-order valence-corrected chi connectivity index (χ0v) is 14.5. The van der Waals surface area contributed by atoms with E-state index >= 15 is 0 Å². The third-order valence-electron chi connectivity index (χ3n) is 4.22. The monoisotopic (exact) mass is 309 g/mol. The van der Waals surface area contributed by atoms with E-state index in [1.165, 1.54) is 50.8 Å². The molecule has 1 heterocycles. The lowest BCUT2D eigenvalue weighted by molar-refractivity contribution is 0.502. The Morgan fingerprint density at radius 1 is 1.29 bits per heavy atom. The SMILES string of the molecule is CCCNC(CSC1CCCCC1)c1nccn1CCC. The summed E-state index contributed by atoms with van der Waals surface area (Å²) >= 11 is 2.17. The van der Waals surface area contributed by atoms with Gasteiger partial charge in [0, 0.05) is 29.9 Å². The molecule has 0 aromatic carbocycles. The van der Waals surface area contributed by atoms with Crippen molar-refractivity contribution in [2.45, 2.75) is 76.6 Å². The second-order valence-corrected chi connectivity index (χ2v) is 7.41. The van der Waals surface area contributed by atoms with Gasteiger partial charge in [-0.15, -0.1) is 0 Å². The first-order valence-electron chi connectivity index (χ1n) is 8.71. The minimum atomic E-state index is 0.401. The number of aromatic nitrogens is 2. The first kappa shape index (κ1) is 16.9. The highest BCUT2D eigenvalue weighted by atomic mass is 32.2. The Morgan fingerprint density at radius 3 is 2.81 bits per heavy atom. The quantitative estimate of drug-likeness (QED) is 0.733. The van der Waals surface area contributed by atoms with E-state index in [1.807, 2.05) is 6.20 Å². The van der Waals surface area contributed by atoms with Crippen molar-refractivity contribution in [2.24, 2.45) is 0 Å². The predicted molar refractivity (Wildman–Crippen MR) is 92.9 cm³/mol. The smallest absolute Gasteiger partial charge is 0.126 e. The number of hydrogen-bond donors (Lipinski definition) is 1. The third kappa shape index (κ3) is 5.33. The topological polar surface area (TPSA) is 29.9 Å². The van der Waals surface area contributed by atoms with Crippen LogP contribution >= 0.6 is 11.8 Å². The van der Waals surface area contributed by atoms with Gasteiger partial charge in [0.1, 0.15) is 5.82 Å². The van der Waals surface area contributed by atoms with Crippen LogP contribution in [0.5, 0.6) is 0 Å². The molecule has 1 atom stereocenters. The van der Waals surface area contributed by atoms with Gasteiger partial charge in [-0.3, -0.25) is 0 Å². The summed E-state index contributed by atoms with van der Waals surface area (Å²) in [5, 5.41) is 4.58. The third-order valence-corrected chi connectivity index (χ3v) is 5.68. The van der Waals surface area contributed by atoms with Crippen LogP contribution in [-0.2, 0) is 6.54 Å². The second-order valence-electron chi connectivity index (χ2n) is 6.08. The molecule has 1 aliphatic carbocycles. The first-order valence-corrected chi connectivity index (χ1v) is 9.76. The molecule has 1 aromatic heterocycles. The fourth-order valence-electron chi connectivity index (χ4n) is 3.07. The minimum absolute atomic E-state index is 0.401. The average Bonchev–Trinajstić information content (AvgIpc) is 2.97. The van der Waals surface area contributed by atoms with Crippen LogP contribution in [-0.4, -0.2) is 27.1 Å². The van der Waals surface area contributed by atoms with Crippen molar-refractivity contribution >= 4 is 11.8 Å². The van der Waals surface area contributed by atoms with Crippen LogP contribution in [0, 0.1) is 0 Å². The molecule has 0 aliphatic heterocycles. The van der Waals surface area contributed by atoms with Crippen LogP contribution in [0.2, 0.25) is 0 Å². The second kappa shape index (κ2) is 9.52. The molecule has 0 bridgehead atoms. The molecule has 3 nitrogen and oxygen atoms in total. The molecule has 0 saturated heterocycles. The Balaban J connectivity index is 1.94. The fraction of sp³-hybridized carbons (Fsp3) is 0.824. The molecule has 0 amide bonds. The molecule has 1 saturated carbocycles. The highest BCUT2D eigenvalue weighted by Crippen LogP contribution is 2.30. The Morgan fingerprint density at radius 2 is 2.10 bits per heavy atom. The molecule has 1 aromatic rings. The molecule has 1 unspecified atom stereocenters. The number of hydrogen-bond acceptors (Lipinski definition) is 3. The first-order chi connectivity index (χ1) is 10.3. The molecule has 1 N–H and O–H groups in total. The van der Waals surface area contributed by atoms with Crippen molar-refractivity contribution < 1.29 is 0 Å². The van der Waals surface area contributed by atoms with Crippen LogP contribution in [0.1, 0.15) is 70.7 Å². The molecule has 1 fully saturated rings. The summed E-state index contributed by atoms with van der Waals surface area (Å²) in [6.45, 7) is 6.62. The van der Waals surface area contributed by atoms with Gasteiger partial charge >= 0.3 is 0 Å². The highest BCUT2D eigenvalue weighted by molar-refractivity contribution is 7.99. The van der Waals surface area contributed by atoms with Crippen molar-refractivity contribution in [3.63, 3.8) is 0 Å². The molecule has 120 valence electrons. The number of imidazole rings is 1. The zero-order chi connectivity index (χ0) is 14.9. The fourth-order valence-corrected chi connectivity index (χ4v) is 4.47. The van der Waals surface area contributed by atoms with Crippen molar-refractivity contribution in [2.75, 3.05) is 12.3 Å². The number of thioether (sulfide) groups is 1. The maximum Gasteiger partial charge on any atom is 0.126 e. The minimum Gasteiger partial charge on any atom is -0.334 e. The van der Waals surface area contributed by atoms with Crippen molar-refractivity contribution in [3.8, 4) is 0 Å². The van der Waals surface area contributed by atoms with E-state index in [0.717, 1.165) is 24.1 Å². The van der Waals surface area contributed by atoms with Gasteiger partial charge in [-0.25, -0.2) is 4.98 Å². The summed E-state index contributed by atoms with van der Waals surface area (Å²) in [6, 6.07) is 0.401. The van der Waals surface area contributed by atoms with E-state index in [0.29, 0.717) is 6.04 Å². The molecule has 21 heavy (non-hydrogen) atoms.